The largest absolute Gasteiger partial charge is 0.466 e. The van der Waals surface area contributed by atoms with Crippen LogP contribution in [0.5, 0.6) is 0 Å². The topological polar surface area (TPSA) is 106 Å². The normalized spacial score (nSPS) is 13.9. The molecule has 0 spiro atoms. The van der Waals surface area contributed by atoms with Crippen LogP contribution >= 0.6 is 0 Å². The Morgan fingerprint density at radius 2 is 2.17 bits per heavy atom. The highest BCUT2D eigenvalue weighted by atomic mass is 16.3. The summed E-state index contributed by atoms with van der Waals surface area (Å²) < 4.78 is 6.93. The minimum absolute atomic E-state index is 0.00713. The molecule has 2 N–H and O–H groups in total. The maximum Gasteiger partial charge on any atom is 0.291 e. The summed E-state index contributed by atoms with van der Waals surface area (Å²) in [6.07, 6.45) is 1.61. The molecular weight excluding hydrogens is 310 g/mol. The summed E-state index contributed by atoms with van der Waals surface area (Å²) in [4.78, 5) is 20.4. The summed E-state index contributed by atoms with van der Waals surface area (Å²) in [5, 5.41) is 17.4. The van der Waals surface area contributed by atoms with Crippen molar-refractivity contribution in [2.45, 2.75) is 33.3 Å². The van der Waals surface area contributed by atoms with Crippen LogP contribution in [0.15, 0.2) is 22.7 Å². The van der Waals surface area contributed by atoms with E-state index in [0.717, 1.165) is 5.69 Å². The first-order valence-electron chi connectivity index (χ1n) is 7.54. The summed E-state index contributed by atoms with van der Waals surface area (Å²) >= 11 is 0. The van der Waals surface area contributed by atoms with Crippen LogP contribution < -0.4 is 5.32 Å². The monoisotopic (exact) mass is 329 g/mol. The zero-order valence-electron chi connectivity index (χ0n) is 14.0. The average molecular weight is 329 g/mol. The van der Waals surface area contributed by atoms with Crippen molar-refractivity contribution in [3.63, 3.8) is 0 Å². The zero-order chi connectivity index (χ0) is 17.5. The number of fused-ring (bicyclic) bond motifs is 1. The molecule has 8 heteroatoms. The van der Waals surface area contributed by atoms with Gasteiger partial charge in [-0.25, -0.2) is 9.50 Å². The molecule has 0 bridgehead atoms. The number of hydrogen-bond acceptors (Lipinski definition) is 6. The van der Waals surface area contributed by atoms with Gasteiger partial charge in [-0.2, -0.15) is 4.98 Å². The lowest BCUT2D eigenvalue weighted by molar-refractivity contribution is 0.0511. The van der Waals surface area contributed by atoms with Crippen LogP contribution in [0.3, 0.4) is 0 Å². The Bertz CT molecular complexity index is 910. The minimum atomic E-state index is -1.26. The molecule has 1 amide bonds. The summed E-state index contributed by atoms with van der Waals surface area (Å²) in [6, 6.07) is 3.54. The Hall–Kier alpha value is -2.74. The van der Waals surface area contributed by atoms with Crippen molar-refractivity contribution in [1.29, 1.82) is 0 Å². The standard InChI is InChI=1S/C16H19N5O3/c1-9-5-6-17-15-19-13(20-21(9)15)14(22)18-8-16(4,23)12-7-10(2)24-11(12)3/h5-7,23H,8H2,1-4H3,(H,18,22)/t16-/m1/s1. The molecule has 1 atom stereocenters. The molecule has 3 aromatic rings. The maximum absolute atomic E-state index is 12.3. The van der Waals surface area contributed by atoms with Gasteiger partial charge in [-0.15, -0.1) is 5.10 Å². The number of nitrogens with zero attached hydrogens (tertiary/aromatic N) is 4. The maximum atomic E-state index is 12.3. The molecule has 0 unspecified atom stereocenters. The van der Waals surface area contributed by atoms with Crippen LogP contribution in [0, 0.1) is 20.8 Å². The van der Waals surface area contributed by atoms with Crippen molar-refractivity contribution >= 4 is 11.7 Å². The molecule has 0 aliphatic heterocycles. The van der Waals surface area contributed by atoms with Gasteiger partial charge >= 0.3 is 0 Å². The van der Waals surface area contributed by atoms with Crippen LogP contribution in [0.2, 0.25) is 0 Å². The van der Waals surface area contributed by atoms with Gasteiger partial charge in [0, 0.05) is 17.5 Å². The molecule has 0 fully saturated rings. The number of rotatable bonds is 4. The number of aryl methyl sites for hydroxylation is 3. The van der Waals surface area contributed by atoms with Crippen LogP contribution in [0.4, 0.5) is 0 Å². The third kappa shape index (κ3) is 2.88. The second kappa shape index (κ2) is 5.72. The predicted octanol–water partition coefficient (Wildman–Crippen LogP) is 1.28. The minimum Gasteiger partial charge on any atom is -0.466 e. The highest BCUT2D eigenvalue weighted by molar-refractivity contribution is 5.90. The number of aromatic nitrogens is 4. The van der Waals surface area contributed by atoms with Crippen LogP contribution in [0.1, 0.15) is 40.3 Å². The van der Waals surface area contributed by atoms with E-state index >= 15 is 0 Å². The number of carbonyl (C=O) groups excluding carboxylic acids is 1. The number of nitrogens with one attached hydrogen (secondary N) is 1. The first-order chi connectivity index (χ1) is 11.3. The molecule has 0 radical (unpaired) electrons. The Kier molecular flexibility index (Phi) is 3.84. The van der Waals surface area contributed by atoms with Crippen molar-refractivity contribution in [3.05, 3.63) is 46.9 Å². The number of aliphatic hydroxyl groups is 1. The number of carbonyl (C=O) groups is 1. The van der Waals surface area contributed by atoms with Crippen molar-refractivity contribution in [1.82, 2.24) is 24.9 Å². The van der Waals surface area contributed by atoms with Gasteiger partial charge in [0.1, 0.15) is 17.1 Å². The molecule has 8 nitrogen and oxygen atoms in total. The molecule has 3 rings (SSSR count). The fourth-order valence-corrected chi connectivity index (χ4v) is 2.59. The van der Waals surface area contributed by atoms with Gasteiger partial charge in [-0.1, -0.05) is 0 Å². The zero-order valence-corrected chi connectivity index (χ0v) is 14.0. The van der Waals surface area contributed by atoms with E-state index in [1.54, 1.807) is 39.1 Å². The van der Waals surface area contributed by atoms with E-state index in [4.69, 9.17) is 4.42 Å². The number of amides is 1. The highest BCUT2D eigenvalue weighted by Gasteiger charge is 2.29. The van der Waals surface area contributed by atoms with Crippen LogP contribution in [0.25, 0.3) is 5.78 Å². The fourth-order valence-electron chi connectivity index (χ4n) is 2.59. The lowest BCUT2D eigenvalue weighted by atomic mass is 9.96. The molecule has 3 heterocycles. The van der Waals surface area contributed by atoms with E-state index in [0.29, 0.717) is 22.9 Å². The van der Waals surface area contributed by atoms with Crippen molar-refractivity contribution < 1.29 is 14.3 Å². The van der Waals surface area contributed by atoms with Gasteiger partial charge in [0.15, 0.2) is 0 Å². The van der Waals surface area contributed by atoms with E-state index in [2.05, 4.69) is 20.4 Å². The Balaban J connectivity index is 1.76. The van der Waals surface area contributed by atoms with Crippen LogP contribution in [-0.2, 0) is 5.60 Å². The molecular formula is C16H19N5O3. The lowest BCUT2D eigenvalue weighted by Crippen LogP contribution is -2.39. The molecule has 0 saturated heterocycles. The predicted molar refractivity (Wildman–Crippen MR) is 85.6 cm³/mol. The Morgan fingerprint density at radius 1 is 1.42 bits per heavy atom. The van der Waals surface area contributed by atoms with E-state index in [9.17, 15) is 9.90 Å². The molecule has 24 heavy (non-hydrogen) atoms. The van der Waals surface area contributed by atoms with Gasteiger partial charge in [0.05, 0.1) is 6.54 Å². The first kappa shape index (κ1) is 16.1. The third-order valence-corrected chi connectivity index (χ3v) is 3.85. The number of furan rings is 1. The molecule has 0 aliphatic rings. The fraction of sp³-hybridized carbons (Fsp3) is 0.375. The third-order valence-electron chi connectivity index (χ3n) is 3.85. The summed E-state index contributed by atoms with van der Waals surface area (Å²) in [5.41, 5.74) is 0.203. The van der Waals surface area contributed by atoms with E-state index in [1.807, 2.05) is 6.92 Å². The summed E-state index contributed by atoms with van der Waals surface area (Å²) in [6.45, 7) is 7.05. The van der Waals surface area contributed by atoms with Crippen LogP contribution in [-0.4, -0.2) is 37.1 Å². The molecule has 0 saturated carbocycles. The molecule has 0 aromatic carbocycles. The Morgan fingerprint density at radius 3 is 2.79 bits per heavy atom. The summed E-state index contributed by atoms with van der Waals surface area (Å²) in [7, 11) is 0. The van der Waals surface area contributed by atoms with Gasteiger partial charge in [0.25, 0.3) is 11.7 Å². The highest BCUT2D eigenvalue weighted by Crippen LogP contribution is 2.26. The van der Waals surface area contributed by atoms with Crippen molar-refractivity contribution in [2.24, 2.45) is 0 Å². The second-order valence-electron chi connectivity index (χ2n) is 6.02. The van der Waals surface area contributed by atoms with Gasteiger partial charge in [-0.05, 0) is 39.8 Å². The number of hydrogen-bond donors (Lipinski definition) is 2. The van der Waals surface area contributed by atoms with Gasteiger partial charge < -0.3 is 14.8 Å². The molecule has 0 aliphatic carbocycles. The van der Waals surface area contributed by atoms with Crippen molar-refractivity contribution in [3.8, 4) is 0 Å². The molecule has 3 aromatic heterocycles. The van der Waals surface area contributed by atoms with E-state index < -0.39 is 11.5 Å². The molecule has 126 valence electrons. The second-order valence-corrected chi connectivity index (χ2v) is 6.02. The summed E-state index contributed by atoms with van der Waals surface area (Å²) in [5.74, 6) is 1.22. The van der Waals surface area contributed by atoms with Gasteiger partial charge in [-0.3, -0.25) is 4.79 Å². The average Bonchev–Trinajstić information content (AvgIpc) is 3.09. The SMILES string of the molecule is Cc1cc([C@](C)(O)CNC(=O)c2nc3nccc(C)n3n2)c(C)o1. The first-order valence-corrected chi connectivity index (χ1v) is 7.54. The smallest absolute Gasteiger partial charge is 0.291 e. The lowest BCUT2D eigenvalue weighted by Gasteiger charge is -2.22. The van der Waals surface area contributed by atoms with E-state index in [1.165, 1.54) is 4.52 Å². The Labute approximate surface area is 138 Å². The van der Waals surface area contributed by atoms with E-state index in [-0.39, 0.29) is 12.4 Å². The van der Waals surface area contributed by atoms with Crippen molar-refractivity contribution in [2.75, 3.05) is 6.54 Å². The quantitative estimate of drug-likeness (QED) is 0.747. The van der Waals surface area contributed by atoms with Gasteiger partial charge in [0.2, 0.25) is 5.82 Å².